The lowest BCUT2D eigenvalue weighted by atomic mass is 10.0. The highest BCUT2D eigenvalue weighted by atomic mass is 19.2. The van der Waals surface area contributed by atoms with Crippen LogP contribution >= 0.6 is 0 Å². The summed E-state index contributed by atoms with van der Waals surface area (Å²) in [7, 11) is 0. The van der Waals surface area contributed by atoms with Gasteiger partial charge in [-0.2, -0.15) is 5.10 Å². The number of aromatic nitrogens is 2. The third-order valence-electron chi connectivity index (χ3n) is 2.85. The number of nitrogens with two attached hydrogens (primary N) is 1. The topological polar surface area (TPSA) is 55.9 Å². The molecule has 0 fully saturated rings. The first-order valence-electron chi connectivity index (χ1n) is 5.70. The molecule has 1 atom stereocenters. The van der Waals surface area contributed by atoms with Gasteiger partial charge in [-0.15, -0.1) is 0 Å². The predicted molar refractivity (Wildman–Crippen MR) is 63.4 cm³/mol. The van der Waals surface area contributed by atoms with Gasteiger partial charge >= 0.3 is 0 Å². The van der Waals surface area contributed by atoms with Crippen LogP contribution in [0, 0.1) is 17.5 Å². The Hall–Kier alpha value is -1.86. The molecule has 0 spiro atoms. The first-order chi connectivity index (χ1) is 9.08. The molecule has 0 radical (unpaired) electrons. The van der Waals surface area contributed by atoms with E-state index in [1.54, 1.807) is 16.9 Å². The minimum Gasteiger partial charge on any atom is -0.271 e. The Morgan fingerprint density at radius 2 is 1.95 bits per heavy atom. The van der Waals surface area contributed by atoms with Crippen molar-refractivity contribution in [3.8, 4) is 0 Å². The van der Waals surface area contributed by atoms with Crippen molar-refractivity contribution in [2.45, 2.75) is 19.5 Å². The molecule has 19 heavy (non-hydrogen) atoms. The van der Waals surface area contributed by atoms with Crippen molar-refractivity contribution >= 4 is 0 Å². The van der Waals surface area contributed by atoms with Gasteiger partial charge in [0.2, 0.25) is 0 Å². The first-order valence-corrected chi connectivity index (χ1v) is 5.70. The molecule has 0 aliphatic rings. The number of nitrogens with one attached hydrogen (secondary N) is 1. The first kappa shape index (κ1) is 13.6. The van der Waals surface area contributed by atoms with Crippen LogP contribution in [0.15, 0.2) is 24.4 Å². The zero-order chi connectivity index (χ0) is 14.0. The number of aryl methyl sites for hydroxylation is 1. The van der Waals surface area contributed by atoms with E-state index in [2.05, 4.69) is 10.5 Å². The maximum atomic E-state index is 13.3. The summed E-state index contributed by atoms with van der Waals surface area (Å²) in [6, 6.07) is 2.83. The van der Waals surface area contributed by atoms with Crippen molar-refractivity contribution in [3.05, 3.63) is 53.1 Å². The van der Waals surface area contributed by atoms with Crippen molar-refractivity contribution in [2.75, 3.05) is 0 Å². The molecular weight excluding hydrogens is 257 g/mol. The third-order valence-corrected chi connectivity index (χ3v) is 2.85. The van der Waals surface area contributed by atoms with E-state index in [9.17, 15) is 13.2 Å². The van der Waals surface area contributed by atoms with Crippen LogP contribution in [0.25, 0.3) is 0 Å². The van der Waals surface area contributed by atoms with Gasteiger partial charge in [-0.1, -0.05) is 0 Å². The minimum absolute atomic E-state index is 0.189. The quantitative estimate of drug-likeness (QED) is 0.506. The van der Waals surface area contributed by atoms with Gasteiger partial charge in [0.1, 0.15) is 0 Å². The van der Waals surface area contributed by atoms with Gasteiger partial charge < -0.3 is 0 Å². The molecule has 1 unspecified atom stereocenters. The lowest BCUT2D eigenvalue weighted by molar-refractivity contribution is 0.441. The molecule has 7 heteroatoms. The lowest BCUT2D eigenvalue weighted by Crippen LogP contribution is -2.31. The van der Waals surface area contributed by atoms with Crippen molar-refractivity contribution in [2.24, 2.45) is 5.84 Å². The number of halogens is 3. The summed E-state index contributed by atoms with van der Waals surface area (Å²) in [6.45, 7) is 2.45. The number of hydrazine groups is 1. The normalized spacial score (nSPS) is 12.7. The lowest BCUT2D eigenvalue weighted by Gasteiger charge is -2.18. The van der Waals surface area contributed by atoms with Gasteiger partial charge in [0.15, 0.2) is 17.5 Å². The summed E-state index contributed by atoms with van der Waals surface area (Å²) in [5, 5.41) is 4.05. The van der Waals surface area contributed by atoms with Gasteiger partial charge in [-0.05, 0) is 30.7 Å². The Labute approximate surface area is 108 Å². The molecule has 0 amide bonds. The van der Waals surface area contributed by atoms with E-state index in [4.69, 9.17) is 5.84 Å². The number of hydrogen-bond acceptors (Lipinski definition) is 3. The van der Waals surface area contributed by atoms with E-state index < -0.39 is 23.5 Å². The van der Waals surface area contributed by atoms with Crippen LogP contribution in [0.3, 0.4) is 0 Å². The summed E-state index contributed by atoms with van der Waals surface area (Å²) in [4.78, 5) is 0. The fraction of sp³-hybridized carbons (Fsp3) is 0.250. The molecule has 1 aromatic carbocycles. The Morgan fingerprint density at radius 3 is 2.47 bits per heavy atom. The van der Waals surface area contributed by atoms with Crippen LogP contribution in [-0.2, 0) is 6.54 Å². The molecule has 2 aromatic rings. The average molecular weight is 270 g/mol. The molecule has 0 saturated heterocycles. The van der Waals surface area contributed by atoms with Crippen molar-refractivity contribution in [1.82, 2.24) is 15.2 Å². The highest BCUT2D eigenvalue weighted by molar-refractivity contribution is 5.29. The molecule has 102 valence electrons. The molecule has 0 aliphatic heterocycles. The highest BCUT2D eigenvalue weighted by Crippen LogP contribution is 2.24. The molecule has 1 aromatic heterocycles. The second-order valence-corrected chi connectivity index (χ2v) is 3.97. The summed E-state index contributed by atoms with van der Waals surface area (Å²) >= 11 is 0. The van der Waals surface area contributed by atoms with Crippen LogP contribution in [0.1, 0.15) is 24.2 Å². The standard InChI is InChI=1S/C12H13F3N4/c1-2-19-10(3-4-17-19)12(18-16)7-5-8(13)11(15)9(14)6-7/h3-6,12,18H,2,16H2,1H3. The Morgan fingerprint density at radius 1 is 1.32 bits per heavy atom. The summed E-state index contributed by atoms with van der Waals surface area (Å²) < 4.78 is 41.1. The van der Waals surface area contributed by atoms with Crippen LogP contribution in [0.4, 0.5) is 13.2 Å². The summed E-state index contributed by atoms with van der Waals surface area (Å²) in [5.41, 5.74) is 3.28. The summed E-state index contributed by atoms with van der Waals surface area (Å²) in [5.74, 6) is 1.43. The zero-order valence-corrected chi connectivity index (χ0v) is 10.2. The van der Waals surface area contributed by atoms with Gasteiger partial charge in [-0.25, -0.2) is 18.6 Å². The second kappa shape index (κ2) is 5.41. The van der Waals surface area contributed by atoms with Crippen molar-refractivity contribution < 1.29 is 13.2 Å². The Kier molecular flexibility index (Phi) is 3.87. The molecule has 0 bridgehead atoms. The average Bonchev–Trinajstić information content (AvgIpc) is 2.85. The van der Waals surface area contributed by atoms with Crippen LogP contribution in [-0.4, -0.2) is 9.78 Å². The highest BCUT2D eigenvalue weighted by Gasteiger charge is 2.20. The third kappa shape index (κ3) is 2.47. The molecule has 4 nitrogen and oxygen atoms in total. The largest absolute Gasteiger partial charge is 0.271 e. The molecule has 0 saturated carbocycles. The molecule has 0 aliphatic carbocycles. The maximum Gasteiger partial charge on any atom is 0.194 e. The van der Waals surface area contributed by atoms with Crippen LogP contribution in [0.5, 0.6) is 0 Å². The van der Waals surface area contributed by atoms with Gasteiger partial charge in [0.05, 0.1) is 11.7 Å². The molecule has 1 heterocycles. The number of benzene rings is 1. The Balaban J connectivity index is 2.48. The number of rotatable bonds is 4. The van der Waals surface area contributed by atoms with Gasteiger partial charge in [0.25, 0.3) is 0 Å². The van der Waals surface area contributed by atoms with E-state index in [1.807, 2.05) is 6.92 Å². The van der Waals surface area contributed by atoms with Crippen LogP contribution in [0.2, 0.25) is 0 Å². The minimum atomic E-state index is -1.50. The van der Waals surface area contributed by atoms with E-state index >= 15 is 0 Å². The van der Waals surface area contributed by atoms with E-state index in [0.29, 0.717) is 12.2 Å². The fourth-order valence-electron chi connectivity index (χ4n) is 1.95. The maximum absolute atomic E-state index is 13.3. The van der Waals surface area contributed by atoms with Crippen LogP contribution < -0.4 is 11.3 Å². The van der Waals surface area contributed by atoms with E-state index in [0.717, 1.165) is 12.1 Å². The molecular formula is C12H13F3N4. The molecule has 2 rings (SSSR count). The fourth-order valence-corrected chi connectivity index (χ4v) is 1.95. The number of nitrogens with zero attached hydrogens (tertiary/aromatic N) is 2. The zero-order valence-electron chi connectivity index (χ0n) is 10.2. The van der Waals surface area contributed by atoms with E-state index in [1.165, 1.54) is 0 Å². The Bertz CT molecular complexity index is 559. The van der Waals surface area contributed by atoms with Crippen molar-refractivity contribution in [1.29, 1.82) is 0 Å². The predicted octanol–water partition coefficient (Wildman–Crippen LogP) is 1.87. The van der Waals surface area contributed by atoms with Gasteiger partial charge in [0, 0.05) is 12.7 Å². The number of hydrogen-bond donors (Lipinski definition) is 2. The monoisotopic (exact) mass is 270 g/mol. The smallest absolute Gasteiger partial charge is 0.194 e. The van der Waals surface area contributed by atoms with Gasteiger partial charge in [-0.3, -0.25) is 10.5 Å². The molecule has 3 N–H and O–H groups in total. The SMILES string of the molecule is CCn1nccc1C(NN)c1cc(F)c(F)c(F)c1. The van der Waals surface area contributed by atoms with Crippen molar-refractivity contribution in [3.63, 3.8) is 0 Å². The van der Waals surface area contributed by atoms with E-state index in [-0.39, 0.29) is 5.56 Å². The second-order valence-electron chi connectivity index (χ2n) is 3.97. The summed E-state index contributed by atoms with van der Waals surface area (Å²) in [6.07, 6.45) is 1.55.